The molecule has 0 radical (unpaired) electrons. The van der Waals surface area contributed by atoms with Gasteiger partial charge in [-0.15, -0.1) is 11.8 Å². The van der Waals surface area contributed by atoms with Crippen molar-refractivity contribution in [2.24, 2.45) is 0 Å². The Kier molecular flexibility index (Phi) is 8.87. The van der Waals surface area contributed by atoms with Crippen LogP contribution in [-0.2, 0) is 15.2 Å². The molecule has 35 heavy (non-hydrogen) atoms. The average Bonchev–Trinajstić information content (AvgIpc) is 3.34. The minimum absolute atomic E-state index is 0.114. The van der Waals surface area contributed by atoms with E-state index in [1.165, 1.54) is 7.11 Å². The normalized spacial score (nSPS) is 12.0. The second kappa shape index (κ2) is 11.8. The summed E-state index contributed by atoms with van der Waals surface area (Å²) >= 11 is 1.61. The fourth-order valence-corrected chi connectivity index (χ4v) is 4.21. The molecule has 0 aliphatic heterocycles. The number of alkyl carbamates (subject to hydrolysis) is 1. The Labute approximate surface area is 210 Å². The molecule has 1 heterocycles. The van der Waals surface area contributed by atoms with Crippen molar-refractivity contribution in [1.29, 1.82) is 0 Å². The van der Waals surface area contributed by atoms with E-state index in [0.717, 1.165) is 16.0 Å². The standard InChI is InChI=1S/C27H31NO6S/c1-18(28-26(30)34-27(2,3)4)15-33-24-22(19-13-14-32-16-19)12-11-20(23(24)25(29)31-5)17-35-21-9-7-6-8-10-21/h6-14,16,18H,15,17H2,1-5H3,(H,28,30). The highest BCUT2D eigenvalue weighted by atomic mass is 32.2. The molecule has 1 N–H and O–H groups in total. The molecular weight excluding hydrogens is 466 g/mol. The van der Waals surface area contributed by atoms with Crippen molar-refractivity contribution >= 4 is 23.8 Å². The Morgan fingerprint density at radius 2 is 1.83 bits per heavy atom. The lowest BCUT2D eigenvalue weighted by atomic mass is 9.99. The van der Waals surface area contributed by atoms with Crippen molar-refractivity contribution in [3.05, 3.63) is 72.2 Å². The number of nitrogens with one attached hydrogen (secondary N) is 1. The molecule has 8 heteroatoms. The molecular formula is C27H31NO6S. The van der Waals surface area contributed by atoms with Crippen LogP contribution in [0.4, 0.5) is 4.79 Å². The smallest absolute Gasteiger partial charge is 0.407 e. The predicted molar refractivity (Wildman–Crippen MR) is 136 cm³/mol. The third kappa shape index (κ3) is 7.55. The number of ether oxygens (including phenoxy) is 3. The highest BCUT2D eigenvalue weighted by Crippen LogP contribution is 2.38. The number of amides is 1. The maximum absolute atomic E-state index is 12.9. The number of carbonyl (C=O) groups is 2. The predicted octanol–water partition coefficient (Wildman–Crippen LogP) is 6.32. The van der Waals surface area contributed by atoms with E-state index in [-0.39, 0.29) is 12.6 Å². The lowest BCUT2D eigenvalue weighted by Gasteiger charge is -2.23. The molecule has 1 aromatic heterocycles. The first kappa shape index (κ1) is 26.2. The molecule has 1 atom stereocenters. The van der Waals surface area contributed by atoms with Crippen LogP contribution in [0.2, 0.25) is 0 Å². The number of thioether (sulfide) groups is 1. The SMILES string of the molecule is COC(=O)c1c(CSc2ccccc2)ccc(-c2ccoc2)c1OCC(C)NC(=O)OC(C)(C)C. The van der Waals surface area contributed by atoms with Gasteiger partial charge in [-0.3, -0.25) is 0 Å². The first-order valence-corrected chi connectivity index (χ1v) is 12.2. The van der Waals surface area contributed by atoms with Crippen LogP contribution in [0.15, 0.2) is 70.4 Å². The molecule has 0 fully saturated rings. The van der Waals surface area contributed by atoms with Crippen LogP contribution >= 0.6 is 11.8 Å². The van der Waals surface area contributed by atoms with Gasteiger partial charge in [-0.05, 0) is 51.5 Å². The van der Waals surface area contributed by atoms with Gasteiger partial charge >= 0.3 is 12.1 Å². The average molecular weight is 498 g/mol. The van der Waals surface area contributed by atoms with E-state index in [1.807, 2.05) is 42.5 Å². The van der Waals surface area contributed by atoms with Crippen molar-refractivity contribution < 1.29 is 28.2 Å². The Hall–Kier alpha value is -3.39. The molecule has 2 aromatic carbocycles. The van der Waals surface area contributed by atoms with Crippen LogP contribution in [0.5, 0.6) is 5.75 Å². The van der Waals surface area contributed by atoms with Crippen molar-refractivity contribution in [2.75, 3.05) is 13.7 Å². The van der Waals surface area contributed by atoms with Crippen molar-refractivity contribution in [3.8, 4) is 16.9 Å². The Morgan fingerprint density at radius 3 is 2.46 bits per heavy atom. The fourth-order valence-electron chi connectivity index (χ4n) is 3.30. The number of methoxy groups -OCH3 is 1. The number of hydrogen-bond acceptors (Lipinski definition) is 7. The summed E-state index contributed by atoms with van der Waals surface area (Å²) < 4.78 is 21.9. The molecule has 0 saturated heterocycles. The number of hydrogen-bond donors (Lipinski definition) is 1. The second-order valence-corrected chi connectivity index (χ2v) is 9.99. The van der Waals surface area contributed by atoms with E-state index in [9.17, 15) is 9.59 Å². The number of carbonyl (C=O) groups excluding carboxylic acids is 2. The minimum Gasteiger partial charge on any atom is -0.490 e. The number of benzene rings is 2. The molecule has 7 nitrogen and oxygen atoms in total. The van der Waals surface area contributed by atoms with Crippen molar-refractivity contribution in [2.45, 2.75) is 50.0 Å². The Morgan fingerprint density at radius 1 is 1.09 bits per heavy atom. The minimum atomic E-state index is -0.609. The zero-order chi connectivity index (χ0) is 25.4. The lowest BCUT2D eigenvalue weighted by molar-refractivity contribution is 0.0489. The molecule has 3 aromatic rings. The van der Waals surface area contributed by atoms with Crippen LogP contribution in [0.25, 0.3) is 11.1 Å². The van der Waals surface area contributed by atoms with Gasteiger partial charge in [0.25, 0.3) is 0 Å². The summed E-state index contributed by atoms with van der Waals surface area (Å²) in [6.45, 7) is 7.31. The van der Waals surface area contributed by atoms with E-state index < -0.39 is 17.7 Å². The van der Waals surface area contributed by atoms with Gasteiger partial charge in [0.1, 0.15) is 23.5 Å². The topological polar surface area (TPSA) is 87.0 Å². The number of esters is 1. The molecule has 1 unspecified atom stereocenters. The van der Waals surface area contributed by atoms with Gasteiger partial charge in [0.2, 0.25) is 0 Å². The van der Waals surface area contributed by atoms with Crippen LogP contribution in [0.1, 0.15) is 43.6 Å². The maximum Gasteiger partial charge on any atom is 0.407 e. The Bertz CT molecular complexity index is 1120. The summed E-state index contributed by atoms with van der Waals surface area (Å²) in [7, 11) is 1.34. The summed E-state index contributed by atoms with van der Waals surface area (Å²) in [5, 5.41) is 2.76. The highest BCUT2D eigenvalue weighted by molar-refractivity contribution is 7.98. The molecule has 1 amide bonds. The summed E-state index contributed by atoms with van der Waals surface area (Å²) in [6, 6.07) is 15.2. The van der Waals surface area contributed by atoms with Gasteiger partial charge in [-0.2, -0.15) is 0 Å². The zero-order valence-corrected chi connectivity index (χ0v) is 21.4. The largest absolute Gasteiger partial charge is 0.490 e. The monoisotopic (exact) mass is 497 g/mol. The second-order valence-electron chi connectivity index (χ2n) is 8.94. The molecule has 0 aliphatic rings. The third-order valence-electron chi connectivity index (χ3n) is 4.84. The molecule has 0 spiro atoms. The van der Waals surface area contributed by atoms with Crippen molar-refractivity contribution in [1.82, 2.24) is 5.32 Å². The molecule has 3 rings (SSSR count). The quantitative estimate of drug-likeness (QED) is 0.273. The summed E-state index contributed by atoms with van der Waals surface area (Å²) in [5.41, 5.74) is 1.97. The number of furan rings is 1. The van der Waals surface area contributed by atoms with Crippen LogP contribution in [0.3, 0.4) is 0 Å². The fraction of sp³-hybridized carbons (Fsp3) is 0.333. The van der Waals surface area contributed by atoms with Crippen LogP contribution < -0.4 is 10.1 Å². The Balaban J connectivity index is 1.90. The highest BCUT2D eigenvalue weighted by Gasteiger charge is 2.24. The molecule has 0 aliphatic carbocycles. The van der Waals surface area contributed by atoms with Gasteiger partial charge in [0.15, 0.2) is 0 Å². The van der Waals surface area contributed by atoms with E-state index in [2.05, 4.69) is 5.32 Å². The molecule has 0 saturated carbocycles. The lowest BCUT2D eigenvalue weighted by Crippen LogP contribution is -2.40. The van der Waals surface area contributed by atoms with Gasteiger partial charge in [0, 0.05) is 21.8 Å². The van der Waals surface area contributed by atoms with E-state index in [1.54, 1.807) is 58.0 Å². The van der Waals surface area contributed by atoms with Gasteiger partial charge < -0.3 is 23.9 Å². The molecule has 0 bridgehead atoms. The summed E-state index contributed by atoms with van der Waals surface area (Å²) in [6.07, 6.45) is 2.61. The van der Waals surface area contributed by atoms with E-state index in [4.69, 9.17) is 18.6 Å². The van der Waals surface area contributed by atoms with Crippen molar-refractivity contribution in [3.63, 3.8) is 0 Å². The maximum atomic E-state index is 12.9. The van der Waals surface area contributed by atoms with Gasteiger partial charge in [-0.25, -0.2) is 9.59 Å². The summed E-state index contributed by atoms with van der Waals surface area (Å²) in [5.74, 6) is 0.423. The van der Waals surface area contributed by atoms with Crippen LogP contribution in [-0.4, -0.2) is 37.4 Å². The van der Waals surface area contributed by atoms with E-state index in [0.29, 0.717) is 22.6 Å². The third-order valence-corrected chi connectivity index (χ3v) is 5.90. The van der Waals surface area contributed by atoms with Gasteiger partial charge in [0.05, 0.1) is 25.7 Å². The zero-order valence-electron chi connectivity index (χ0n) is 20.6. The van der Waals surface area contributed by atoms with E-state index >= 15 is 0 Å². The molecule has 186 valence electrons. The number of rotatable bonds is 9. The van der Waals surface area contributed by atoms with Crippen LogP contribution in [0, 0.1) is 0 Å². The summed E-state index contributed by atoms with van der Waals surface area (Å²) in [4.78, 5) is 26.2. The first-order valence-electron chi connectivity index (χ1n) is 11.2. The van der Waals surface area contributed by atoms with Gasteiger partial charge in [-0.1, -0.05) is 30.3 Å². The first-order chi connectivity index (χ1) is 16.7.